The van der Waals surface area contributed by atoms with E-state index in [2.05, 4.69) is 24.4 Å². The first-order chi connectivity index (χ1) is 9.80. The van der Waals surface area contributed by atoms with Gasteiger partial charge in [-0.25, -0.2) is 8.42 Å². The minimum absolute atomic E-state index is 0.0287. The topological polar surface area (TPSA) is 73.2 Å². The lowest BCUT2D eigenvalue weighted by molar-refractivity contribution is 0.0194. The van der Waals surface area contributed by atoms with Crippen molar-refractivity contribution in [1.82, 2.24) is 15.3 Å². The van der Waals surface area contributed by atoms with Crippen LogP contribution in [-0.4, -0.2) is 36.3 Å². The van der Waals surface area contributed by atoms with Crippen molar-refractivity contribution in [2.45, 2.75) is 46.7 Å². The van der Waals surface area contributed by atoms with Gasteiger partial charge in [-0.1, -0.05) is 13.8 Å². The van der Waals surface area contributed by atoms with Crippen molar-refractivity contribution in [2.75, 3.05) is 18.1 Å². The number of sulfone groups is 1. The lowest BCUT2D eigenvalue weighted by Gasteiger charge is -2.12. The fourth-order valence-electron chi connectivity index (χ4n) is 2.63. The highest BCUT2D eigenvalue weighted by atomic mass is 32.2. The Morgan fingerprint density at radius 3 is 2.71 bits per heavy atom. The van der Waals surface area contributed by atoms with E-state index in [1.807, 2.05) is 18.5 Å². The number of rotatable bonds is 6. The first kappa shape index (κ1) is 16.5. The molecule has 0 aliphatic carbocycles. The molecular weight excluding hydrogens is 290 g/mol. The zero-order valence-corrected chi connectivity index (χ0v) is 14.0. The molecule has 1 aromatic heterocycles. The predicted octanol–water partition coefficient (Wildman–Crippen LogP) is 1.54. The largest absolute Gasteiger partial charge is 0.301 e. The normalized spacial score (nSPS) is 21.3. The number of hydrogen-bond acceptors (Lipinski definition) is 5. The fourth-order valence-corrected chi connectivity index (χ4v) is 4.32. The zero-order chi connectivity index (χ0) is 15.6. The van der Waals surface area contributed by atoms with Crippen LogP contribution in [0.25, 0.3) is 0 Å². The minimum Gasteiger partial charge on any atom is -0.301 e. The van der Waals surface area contributed by atoms with Crippen molar-refractivity contribution in [2.24, 2.45) is 5.92 Å². The average Bonchev–Trinajstić information content (AvgIpc) is 2.87. The number of nitrogens with one attached hydrogen (secondary N) is 1. The maximum Gasteiger partial charge on any atom is 0.152 e. The number of aromatic nitrogens is 2. The molecule has 1 aliphatic rings. The summed E-state index contributed by atoms with van der Waals surface area (Å²) >= 11 is 0. The van der Waals surface area contributed by atoms with Gasteiger partial charge in [-0.05, 0) is 26.2 Å². The van der Waals surface area contributed by atoms with E-state index in [1.54, 1.807) is 0 Å². The van der Waals surface area contributed by atoms with Crippen LogP contribution in [0.2, 0.25) is 0 Å². The maximum absolute atomic E-state index is 11.6. The van der Waals surface area contributed by atoms with Crippen LogP contribution in [0.15, 0.2) is 0 Å². The smallest absolute Gasteiger partial charge is 0.152 e. The molecule has 120 valence electrons. The Kier molecular flexibility index (Phi) is 5.06. The molecule has 1 aliphatic heterocycles. The van der Waals surface area contributed by atoms with Crippen molar-refractivity contribution in [3.8, 4) is 0 Å². The van der Waals surface area contributed by atoms with E-state index in [-0.39, 0.29) is 17.5 Å². The van der Waals surface area contributed by atoms with Gasteiger partial charge < -0.3 is 4.84 Å². The number of hydrogen-bond donors (Lipinski definition) is 1. The average molecular weight is 315 g/mol. The molecule has 1 saturated heterocycles. The van der Waals surface area contributed by atoms with Gasteiger partial charge in [-0.3, -0.25) is 4.68 Å². The van der Waals surface area contributed by atoms with E-state index in [0.717, 1.165) is 17.0 Å². The summed E-state index contributed by atoms with van der Waals surface area (Å²) in [6, 6.07) is -0.0287. The van der Waals surface area contributed by atoms with Crippen LogP contribution in [0.4, 0.5) is 0 Å². The highest BCUT2D eigenvalue weighted by molar-refractivity contribution is 7.91. The summed E-state index contributed by atoms with van der Waals surface area (Å²) in [5.41, 5.74) is 6.00. The Morgan fingerprint density at radius 2 is 2.14 bits per heavy atom. The van der Waals surface area contributed by atoms with Crippen LogP contribution in [-0.2, 0) is 21.2 Å². The first-order valence-electron chi connectivity index (χ1n) is 7.40. The van der Waals surface area contributed by atoms with Gasteiger partial charge in [0.25, 0.3) is 0 Å². The lowest BCUT2D eigenvalue weighted by Crippen LogP contribution is -2.18. The Hall–Kier alpha value is -0.920. The molecule has 6 nitrogen and oxygen atoms in total. The van der Waals surface area contributed by atoms with Crippen molar-refractivity contribution < 1.29 is 13.3 Å². The van der Waals surface area contributed by atoms with E-state index in [4.69, 9.17) is 4.84 Å². The van der Waals surface area contributed by atoms with Gasteiger partial charge in [0.15, 0.2) is 9.84 Å². The molecule has 2 heterocycles. The monoisotopic (exact) mass is 315 g/mol. The Morgan fingerprint density at radius 1 is 1.43 bits per heavy atom. The van der Waals surface area contributed by atoms with E-state index in [0.29, 0.717) is 25.5 Å². The molecule has 1 N–H and O–H groups in total. The summed E-state index contributed by atoms with van der Waals surface area (Å²) in [5.74, 6) is 0.943. The van der Waals surface area contributed by atoms with Gasteiger partial charge in [0.05, 0.1) is 29.8 Å². The van der Waals surface area contributed by atoms with Crippen molar-refractivity contribution in [3.05, 3.63) is 17.0 Å². The standard InChI is InChI=1S/C14H25N3O3S/c1-10(2)8-20-15-7-14-11(3)16-17(12(14)4)13-5-6-21(18,19)9-13/h10,13,15H,5-9H2,1-4H3. The molecule has 0 amide bonds. The van der Waals surface area contributed by atoms with Crippen molar-refractivity contribution in [1.29, 1.82) is 0 Å². The van der Waals surface area contributed by atoms with Gasteiger partial charge in [-0.15, -0.1) is 0 Å². The minimum atomic E-state index is -2.90. The number of hydroxylamine groups is 1. The molecular formula is C14H25N3O3S. The van der Waals surface area contributed by atoms with Crippen LogP contribution in [0.3, 0.4) is 0 Å². The third kappa shape index (κ3) is 4.05. The summed E-state index contributed by atoms with van der Waals surface area (Å²) in [6.07, 6.45) is 0.654. The summed E-state index contributed by atoms with van der Waals surface area (Å²) in [5, 5.41) is 4.53. The highest BCUT2D eigenvalue weighted by Gasteiger charge is 2.31. The second-order valence-electron chi connectivity index (χ2n) is 6.18. The maximum atomic E-state index is 11.6. The number of nitrogens with zero attached hydrogens (tertiary/aromatic N) is 2. The molecule has 1 atom stereocenters. The van der Waals surface area contributed by atoms with Crippen LogP contribution in [0, 0.1) is 19.8 Å². The molecule has 0 spiro atoms. The van der Waals surface area contributed by atoms with Gasteiger partial charge in [0, 0.05) is 17.8 Å². The molecule has 2 rings (SSSR count). The summed E-state index contributed by atoms with van der Waals surface area (Å²) in [6.45, 7) is 9.38. The van der Waals surface area contributed by atoms with Gasteiger partial charge in [0.1, 0.15) is 0 Å². The van der Waals surface area contributed by atoms with Gasteiger partial charge >= 0.3 is 0 Å². The van der Waals surface area contributed by atoms with Gasteiger partial charge in [0.2, 0.25) is 0 Å². The number of aryl methyl sites for hydroxylation is 1. The molecule has 0 radical (unpaired) electrons. The molecule has 1 aromatic rings. The van der Waals surface area contributed by atoms with E-state index in [1.165, 1.54) is 0 Å². The first-order valence-corrected chi connectivity index (χ1v) is 9.22. The Balaban J connectivity index is 2.04. The molecule has 0 saturated carbocycles. The molecule has 7 heteroatoms. The summed E-state index contributed by atoms with van der Waals surface area (Å²) in [4.78, 5) is 5.39. The zero-order valence-electron chi connectivity index (χ0n) is 13.2. The van der Waals surface area contributed by atoms with Crippen LogP contribution in [0.5, 0.6) is 0 Å². The molecule has 0 aromatic carbocycles. The summed E-state index contributed by atoms with van der Waals surface area (Å²) < 4.78 is 25.1. The van der Waals surface area contributed by atoms with E-state index in [9.17, 15) is 8.42 Å². The Bertz CT molecular complexity index is 593. The van der Waals surface area contributed by atoms with E-state index < -0.39 is 9.84 Å². The SMILES string of the molecule is Cc1nn(C2CCS(=O)(=O)C2)c(C)c1CNOCC(C)C. The third-order valence-corrected chi connectivity index (χ3v) is 5.55. The van der Waals surface area contributed by atoms with E-state index >= 15 is 0 Å². The predicted molar refractivity (Wildman–Crippen MR) is 81.6 cm³/mol. The van der Waals surface area contributed by atoms with Gasteiger partial charge in [-0.2, -0.15) is 10.6 Å². The molecule has 21 heavy (non-hydrogen) atoms. The van der Waals surface area contributed by atoms with Crippen molar-refractivity contribution in [3.63, 3.8) is 0 Å². The third-order valence-electron chi connectivity index (χ3n) is 3.80. The highest BCUT2D eigenvalue weighted by Crippen LogP contribution is 2.26. The molecule has 1 unspecified atom stereocenters. The van der Waals surface area contributed by atoms with Crippen LogP contribution in [0.1, 0.15) is 43.3 Å². The lowest BCUT2D eigenvalue weighted by atomic mass is 10.2. The summed E-state index contributed by atoms with van der Waals surface area (Å²) in [7, 11) is -2.90. The quantitative estimate of drug-likeness (QED) is 0.637. The fraction of sp³-hybridized carbons (Fsp3) is 0.786. The van der Waals surface area contributed by atoms with Crippen LogP contribution >= 0.6 is 0 Å². The molecule has 1 fully saturated rings. The second-order valence-corrected chi connectivity index (χ2v) is 8.41. The second kappa shape index (κ2) is 6.46. The van der Waals surface area contributed by atoms with Crippen molar-refractivity contribution >= 4 is 9.84 Å². The van der Waals surface area contributed by atoms with Crippen LogP contribution < -0.4 is 5.48 Å². The Labute approximate surface area is 126 Å². The molecule has 0 bridgehead atoms.